The molecule has 6 nitrogen and oxygen atoms in total. The maximum Gasteiger partial charge on any atom is 0.268 e. The van der Waals surface area contributed by atoms with Gasteiger partial charge in [-0.3, -0.25) is 9.59 Å². The summed E-state index contributed by atoms with van der Waals surface area (Å²) in [4.78, 5) is 37.7. The fraction of sp³-hybridized carbons (Fsp3) is 0. The predicted molar refractivity (Wildman–Crippen MR) is 74.9 cm³/mol. The highest BCUT2D eigenvalue weighted by atomic mass is 16.2. The van der Waals surface area contributed by atoms with Crippen LogP contribution in [0.5, 0.6) is 0 Å². The third-order valence-corrected chi connectivity index (χ3v) is 3.45. The lowest BCUT2D eigenvalue weighted by Crippen LogP contribution is -2.41. The van der Waals surface area contributed by atoms with Crippen LogP contribution in [-0.2, 0) is 0 Å². The second kappa shape index (κ2) is 4.17. The summed E-state index contributed by atoms with van der Waals surface area (Å²) in [6, 6.07) is 10.7. The molecular formula is C15H8N4O2. The average molecular weight is 276 g/mol. The number of carbonyl (C=O) groups is 2. The molecule has 0 saturated carbocycles. The molecule has 1 aromatic heterocycles. The van der Waals surface area contributed by atoms with Crippen LogP contribution in [-0.4, -0.2) is 26.8 Å². The molecule has 4 rings (SSSR count). The van der Waals surface area contributed by atoms with Crippen LogP contribution in [0, 0.1) is 0 Å². The van der Waals surface area contributed by atoms with Crippen molar-refractivity contribution in [2.24, 2.45) is 0 Å². The fourth-order valence-electron chi connectivity index (χ4n) is 2.56. The molecule has 1 aliphatic heterocycles. The SMILES string of the molecule is O=C1c2cccc3cccc(c23)C(=O)N1c1ncncn1. The number of imide groups is 1. The second-order valence-corrected chi connectivity index (χ2v) is 4.59. The van der Waals surface area contributed by atoms with Crippen LogP contribution >= 0.6 is 0 Å². The van der Waals surface area contributed by atoms with Crippen molar-refractivity contribution in [2.45, 2.75) is 0 Å². The highest BCUT2D eigenvalue weighted by molar-refractivity contribution is 6.35. The van der Waals surface area contributed by atoms with Crippen LogP contribution in [0.25, 0.3) is 10.8 Å². The van der Waals surface area contributed by atoms with E-state index in [4.69, 9.17) is 0 Å². The van der Waals surface area contributed by atoms with E-state index in [0.717, 1.165) is 10.3 Å². The molecule has 0 saturated heterocycles. The van der Waals surface area contributed by atoms with Crippen molar-refractivity contribution in [1.29, 1.82) is 0 Å². The minimum Gasteiger partial charge on any atom is -0.268 e. The summed E-state index contributed by atoms with van der Waals surface area (Å²) in [5.74, 6) is -0.808. The number of hydrogen-bond acceptors (Lipinski definition) is 5. The molecule has 0 radical (unpaired) electrons. The Bertz CT molecular complexity index is 842. The zero-order valence-electron chi connectivity index (χ0n) is 10.7. The van der Waals surface area contributed by atoms with E-state index < -0.39 is 11.8 Å². The van der Waals surface area contributed by atoms with Crippen LogP contribution in [0.2, 0.25) is 0 Å². The van der Waals surface area contributed by atoms with Gasteiger partial charge in [-0.1, -0.05) is 24.3 Å². The molecule has 0 unspecified atom stereocenters. The zero-order chi connectivity index (χ0) is 14.4. The Morgan fingerprint density at radius 2 is 1.38 bits per heavy atom. The van der Waals surface area contributed by atoms with Gasteiger partial charge >= 0.3 is 0 Å². The summed E-state index contributed by atoms with van der Waals surface area (Å²) < 4.78 is 0. The predicted octanol–water partition coefficient (Wildman–Crippen LogP) is 1.83. The fourth-order valence-corrected chi connectivity index (χ4v) is 2.56. The van der Waals surface area contributed by atoms with Crippen LogP contribution in [0.3, 0.4) is 0 Å². The standard InChI is InChI=1S/C15H8N4O2/c20-13-10-5-1-3-9-4-2-6-11(12(9)10)14(21)19(13)15-17-7-16-8-18-15/h1-8H. The van der Waals surface area contributed by atoms with Gasteiger partial charge in [-0.2, -0.15) is 0 Å². The second-order valence-electron chi connectivity index (χ2n) is 4.59. The first-order valence-electron chi connectivity index (χ1n) is 6.30. The van der Waals surface area contributed by atoms with Crippen molar-refractivity contribution < 1.29 is 9.59 Å². The first kappa shape index (κ1) is 11.7. The number of nitrogens with zero attached hydrogens (tertiary/aromatic N) is 4. The maximum atomic E-state index is 12.6. The molecule has 0 N–H and O–H groups in total. The monoisotopic (exact) mass is 276 g/mol. The van der Waals surface area contributed by atoms with Crippen LogP contribution in [0.4, 0.5) is 5.95 Å². The largest absolute Gasteiger partial charge is 0.268 e. The molecule has 2 aromatic carbocycles. The van der Waals surface area contributed by atoms with Gasteiger partial charge in [0.15, 0.2) is 0 Å². The summed E-state index contributed by atoms with van der Waals surface area (Å²) in [5.41, 5.74) is 0.950. The van der Waals surface area contributed by atoms with Crippen molar-refractivity contribution >= 4 is 28.5 Å². The average Bonchev–Trinajstić information content (AvgIpc) is 2.54. The van der Waals surface area contributed by atoms with E-state index >= 15 is 0 Å². The van der Waals surface area contributed by atoms with E-state index in [2.05, 4.69) is 15.0 Å². The Labute approximate surface area is 119 Å². The molecule has 0 fully saturated rings. The van der Waals surface area contributed by atoms with Crippen LogP contribution in [0.1, 0.15) is 20.7 Å². The highest BCUT2D eigenvalue weighted by Gasteiger charge is 2.35. The van der Waals surface area contributed by atoms with Crippen LogP contribution in [0.15, 0.2) is 49.1 Å². The number of amides is 2. The van der Waals surface area contributed by atoms with Crippen molar-refractivity contribution in [3.63, 3.8) is 0 Å². The Hall–Kier alpha value is -3.15. The third kappa shape index (κ3) is 1.56. The minimum atomic E-state index is -0.421. The topological polar surface area (TPSA) is 76.1 Å². The van der Waals surface area contributed by atoms with Gasteiger partial charge in [-0.05, 0) is 17.5 Å². The van der Waals surface area contributed by atoms with Gasteiger partial charge in [0.1, 0.15) is 12.7 Å². The Morgan fingerprint density at radius 3 is 1.95 bits per heavy atom. The minimum absolute atomic E-state index is 0.0338. The summed E-state index contributed by atoms with van der Waals surface area (Å²) in [5, 5.41) is 1.54. The van der Waals surface area contributed by atoms with Crippen molar-refractivity contribution in [1.82, 2.24) is 15.0 Å². The molecule has 2 heterocycles. The van der Waals surface area contributed by atoms with Gasteiger partial charge < -0.3 is 0 Å². The maximum absolute atomic E-state index is 12.6. The Balaban J connectivity index is 2.02. The van der Waals surface area contributed by atoms with Crippen molar-refractivity contribution in [2.75, 3.05) is 4.90 Å². The number of aromatic nitrogens is 3. The van der Waals surface area contributed by atoms with Crippen molar-refractivity contribution in [3.05, 3.63) is 60.2 Å². The van der Waals surface area contributed by atoms with Gasteiger partial charge in [0.05, 0.1) is 0 Å². The molecule has 0 aliphatic carbocycles. The highest BCUT2D eigenvalue weighted by Crippen LogP contribution is 2.31. The lowest BCUT2D eigenvalue weighted by Gasteiger charge is -2.25. The van der Waals surface area contributed by atoms with Gasteiger partial charge in [0.2, 0.25) is 5.95 Å². The molecule has 0 spiro atoms. The quantitative estimate of drug-likeness (QED) is 0.634. The molecule has 100 valence electrons. The Kier molecular flexibility index (Phi) is 2.32. The summed E-state index contributed by atoms with van der Waals surface area (Å²) >= 11 is 0. The summed E-state index contributed by atoms with van der Waals surface area (Å²) in [6.45, 7) is 0. The summed E-state index contributed by atoms with van der Waals surface area (Å²) in [7, 11) is 0. The number of benzene rings is 2. The van der Waals surface area contributed by atoms with E-state index in [0.29, 0.717) is 16.5 Å². The number of anilines is 1. The normalized spacial score (nSPS) is 13.8. The van der Waals surface area contributed by atoms with E-state index in [-0.39, 0.29) is 5.95 Å². The zero-order valence-corrected chi connectivity index (χ0v) is 10.7. The number of carbonyl (C=O) groups excluding carboxylic acids is 2. The van der Waals surface area contributed by atoms with Crippen molar-refractivity contribution in [3.8, 4) is 0 Å². The van der Waals surface area contributed by atoms with Gasteiger partial charge in [0, 0.05) is 16.5 Å². The van der Waals surface area contributed by atoms with E-state index in [1.54, 1.807) is 24.3 Å². The van der Waals surface area contributed by atoms with E-state index in [9.17, 15) is 9.59 Å². The van der Waals surface area contributed by atoms with Gasteiger partial charge in [-0.15, -0.1) is 0 Å². The smallest absolute Gasteiger partial charge is 0.268 e. The first-order chi connectivity index (χ1) is 10.3. The van der Waals surface area contributed by atoms with Gasteiger partial charge in [0.25, 0.3) is 11.8 Å². The van der Waals surface area contributed by atoms with E-state index in [1.165, 1.54) is 12.7 Å². The molecular weight excluding hydrogens is 268 g/mol. The number of hydrogen-bond donors (Lipinski definition) is 0. The lowest BCUT2D eigenvalue weighted by atomic mass is 9.94. The van der Waals surface area contributed by atoms with E-state index in [1.807, 2.05) is 12.1 Å². The molecule has 1 aliphatic rings. The molecule has 6 heteroatoms. The summed E-state index contributed by atoms with van der Waals surface area (Å²) in [6.07, 6.45) is 2.51. The van der Waals surface area contributed by atoms with Gasteiger partial charge in [-0.25, -0.2) is 19.9 Å². The lowest BCUT2D eigenvalue weighted by molar-refractivity contribution is 0.0891. The molecule has 3 aromatic rings. The number of rotatable bonds is 1. The Morgan fingerprint density at radius 1 is 0.810 bits per heavy atom. The molecule has 0 atom stereocenters. The first-order valence-corrected chi connectivity index (χ1v) is 6.30. The third-order valence-electron chi connectivity index (χ3n) is 3.45. The molecule has 2 amide bonds. The molecule has 0 bridgehead atoms. The van der Waals surface area contributed by atoms with Crippen LogP contribution < -0.4 is 4.90 Å². The molecule has 21 heavy (non-hydrogen) atoms.